The lowest BCUT2D eigenvalue weighted by atomic mass is 10.2. The summed E-state index contributed by atoms with van der Waals surface area (Å²) in [6, 6.07) is 15.0. The Balaban J connectivity index is 1.70. The van der Waals surface area contributed by atoms with Crippen molar-refractivity contribution >= 4 is 45.4 Å². The average Bonchev–Trinajstić information content (AvgIpc) is 2.96. The highest BCUT2D eigenvalue weighted by Crippen LogP contribution is 2.23. The second kappa shape index (κ2) is 6.81. The summed E-state index contributed by atoms with van der Waals surface area (Å²) < 4.78 is 0. The molecule has 116 valence electrons. The Bertz CT molecular complexity index is 847. The van der Waals surface area contributed by atoms with Crippen molar-refractivity contribution in [3.63, 3.8) is 0 Å². The van der Waals surface area contributed by atoms with E-state index in [1.54, 1.807) is 17.5 Å². The first-order chi connectivity index (χ1) is 11.1. The lowest BCUT2D eigenvalue weighted by molar-refractivity contribution is 0.102. The van der Waals surface area contributed by atoms with Gasteiger partial charge in [0.1, 0.15) is 5.69 Å². The van der Waals surface area contributed by atoms with Crippen LogP contribution in [0.5, 0.6) is 0 Å². The van der Waals surface area contributed by atoms with Crippen LogP contribution in [0.3, 0.4) is 0 Å². The van der Waals surface area contributed by atoms with Crippen LogP contribution in [0.15, 0.2) is 53.9 Å². The maximum Gasteiger partial charge on any atom is 0.275 e. The number of halogens is 1. The summed E-state index contributed by atoms with van der Waals surface area (Å²) in [5, 5.41) is 8.98. The molecule has 0 spiro atoms. The van der Waals surface area contributed by atoms with Crippen LogP contribution in [0, 0.1) is 6.92 Å². The lowest BCUT2D eigenvalue weighted by Crippen LogP contribution is -2.12. The van der Waals surface area contributed by atoms with Crippen molar-refractivity contribution in [3.8, 4) is 0 Å². The Labute approximate surface area is 143 Å². The average molecular weight is 344 g/mol. The van der Waals surface area contributed by atoms with Gasteiger partial charge in [-0.15, -0.1) is 11.3 Å². The lowest BCUT2D eigenvalue weighted by Gasteiger charge is -2.04. The summed E-state index contributed by atoms with van der Waals surface area (Å²) in [5.41, 5.74) is 3.05. The Morgan fingerprint density at radius 3 is 2.70 bits per heavy atom. The van der Waals surface area contributed by atoms with E-state index in [9.17, 15) is 4.79 Å². The maximum absolute atomic E-state index is 12.2. The topological polar surface area (TPSA) is 54.0 Å². The summed E-state index contributed by atoms with van der Waals surface area (Å²) in [4.78, 5) is 16.5. The molecule has 0 aliphatic rings. The highest BCUT2D eigenvalue weighted by atomic mass is 35.5. The molecular formula is C17H14ClN3OS. The second-order valence-electron chi connectivity index (χ2n) is 5.00. The minimum absolute atomic E-state index is 0.231. The fourth-order valence-corrected chi connectivity index (χ4v) is 2.94. The van der Waals surface area contributed by atoms with Gasteiger partial charge in [0.15, 0.2) is 5.13 Å². The molecule has 3 aromatic rings. The molecule has 0 fully saturated rings. The summed E-state index contributed by atoms with van der Waals surface area (Å²) in [6.45, 7) is 1.98. The van der Waals surface area contributed by atoms with Crippen molar-refractivity contribution in [3.05, 3.63) is 70.2 Å². The standard InChI is InChI=1S/C17H14ClN3OS/c1-11-4-2-6-13(8-11)19-16(22)15-10-23-17(21-15)20-14-7-3-5-12(18)9-14/h2-10H,1H3,(H,19,22)(H,20,21). The van der Waals surface area contributed by atoms with Crippen molar-refractivity contribution in [1.29, 1.82) is 0 Å². The molecule has 2 aromatic carbocycles. The van der Waals surface area contributed by atoms with E-state index in [1.807, 2.05) is 43.3 Å². The molecular weight excluding hydrogens is 330 g/mol. The van der Waals surface area contributed by atoms with Gasteiger partial charge in [-0.1, -0.05) is 29.8 Å². The minimum atomic E-state index is -0.231. The Hall–Kier alpha value is -2.37. The Kier molecular flexibility index (Phi) is 4.60. The molecule has 1 heterocycles. The molecule has 0 aliphatic heterocycles. The fraction of sp³-hybridized carbons (Fsp3) is 0.0588. The van der Waals surface area contributed by atoms with Crippen LogP contribution in [-0.2, 0) is 0 Å². The number of rotatable bonds is 4. The van der Waals surface area contributed by atoms with Crippen molar-refractivity contribution in [2.45, 2.75) is 6.92 Å². The zero-order chi connectivity index (χ0) is 16.2. The SMILES string of the molecule is Cc1cccc(NC(=O)c2csc(Nc3cccc(Cl)c3)n2)c1. The van der Waals surface area contributed by atoms with Crippen molar-refractivity contribution in [2.75, 3.05) is 10.6 Å². The van der Waals surface area contributed by atoms with Crippen LogP contribution in [0.4, 0.5) is 16.5 Å². The first kappa shape index (κ1) is 15.5. The van der Waals surface area contributed by atoms with Gasteiger partial charge in [0.25, 0.3) is 5.91 Å². The molecule has 1 amide bonds. The fourth-order valence-electron chi connectivity index (χ4n) is 2.04. The largest absolute Gasteiger partial charge is 0.331 e. The molecule has 0 saturated heterocycles. The van der Waals surface area contributed by atoms with Gasteiger partial charge >= 0.3 is 0 Å². The number of nitrogens with one attached hydrogen (secondary N) is 2. The van der Waals surface area contributed by atoms with Gasteiger partial charge in [-0.05, 0) is 42.8 Å². The molecule has 6 heteroatoms. The summed E-state index contributed by atoms with van der Waals surface area (Å²) in [6.07, 6.45) is 0. The molecule has 3 rings (SSSR count). The van der Waals surface area contributed by atoms with Gasteiger partial charge in [0, 0.05) is 21.8 Å². The van der Waals surface area contributed by atoms with Crippen LogP contribution in [0.1, 0.15) is 16.1 Å². The number of amides is 1. The summed E-state index contributed by atoms with van der Waals surface area (Å²) in [5.74, 6) is -0.231. The van der Waals surface area contributed by atoms with Crippen molar-refractivity contribution in [1.82, 2.24) is 4.98 Å². The van der Waals surface area contributed by atoms with Crippen molar-refractivity contribution < 1.29 is 4.79 Å². The smallest absolute Gasteiger partial charge is 0.275 e. The highest BCUT2D eigenvalue weighted by Gasteiger charge is 2.11. The molecule has 2 N–H and O–H groups in total. The monoisotopic (exact) mass is 343 g/mol. The molecule has 0 saturated carbocycles. The van der Waals surface area contributed by atoms with E-state index in [0.29, 0.717) is 15.8 Å². The van der Waals surface area contributed by atoms with Gasteiger partial charge in [-0.2, -0.15) is 0 Å². The zero-order valence-corrected chi connectivity index (χ0v) is 13.9. The molecule has 0 bridgehead atoms. The maximum atomic E-state index is 12.2. The number of carbonyl (C=O) groups excluding carboxylic acids is 1. The molecule has 4 nitrogen and oxygen atoms in total. The number of nitrogens with zero attached hydrogens (tertiary/aromatic N) is 1. The molecule has 0 atom stereocenters. The molecule has 0 radical (unpaired) electrons. The number of anilines is 3. The second-order valence-corrected chi connectivity index (χ2v) is 6.29. The number of thiazole rings is 1. The van der Waals surface area contributed by atoms with E-state index >= 15 is 0 Å². The van der Waals surface area contributed by atoms with Crippen LogP contribution in [0.25, 0.3) is 0 Å². The number of carbonyl (C=O) groups is 1. The Morgan fingerprint density at radius 2 is 1.91 bits per heavy atom. The minimum Gasteiger partial charge on any atom is -0.331 e. The number of benzene rings is 2. The third-order valence-electron chi connectivity index (χ3n) is 3.09. The van der Waals surface area contributed by atoms with E-state index in [0.717, 1.165) is 16.9 Å². The van der Waals surface area contributed by atoms with E-state index < -0.39 is 0 Å². The number of aromatic nitrogens is 1. The molecule has 1 aromatic heterocycles. The van der Waals surface area contributed by atoms with Crippen LogP contribution >= 0.6 is 22.9 Å². The van der Waals surface area contributed by atoms with Crippen LogP contribution in [0.2, 0.25) is 5.02 Å². The van der Waals surface area contributed by atoms with Gasteiger partial charge in [0.2, 0.25) is 0 Å². The normalized spacial score (nSPS) is 10.3. The number of aryl methyl sites for hydroxylation is 1. The first-order valence-electron chi connectivity index (χ1n) is 6.96. The van der Waals surface area contributed by atoms with E-state index in [2.05, 4.69) is 15.6 Å². The van der Waals surface area contributed by atoms with E-state index in [4.69, 9.17) is 11.6 Å². The van der Waals surface area contributed by atoms with Gasteiger partial charge in [0.05, 0.1) is 0 Å². The first-order valence-corrected chi connectivity index (χ1v) is 8.22. The van der Waals surface area contributed by atoms with Crippen molar-refractivity contribution in [2.24, 2.45) is 0 Å². The molecule has 0 unspecified atom stereocenters. The number of hydrogen-bond acceptors (Lipinski definition) is 4. The third kappa shape index (κ3) is 4.09. The molecule has 23 heavy (non-hydrogen) atoms. The number of hydrogen-bond donors (Lipinski definition) is 2. The van der Waals surface area contributed by atoms with E-state index in [-0.39, 0.29) is 5.91 Å². The van der Waals surface area contributed by atoms with Crippen LogP contribution < -0.4 is 10.6 Å². The third-order valence-corrected chi connectivity index (χ3v) is 4.08. The zero-order valence-electron chi connectivity index (χ0n) is 12.3. The van der Waals surface area contributed by atoms with Gasteiger partial charge in [-0.3, -0.25) is 4.79 Å². The summed E-state index contributed by atoms with van der Waals surface area (Å²) in [7, 11) is 0. The summed E-state index contributed by atoms with van der Waals surface area (Å²) >= 11 is 7.31. The van der Waals surface area contributed by atoms with Gasteiger partial charge in [-0.25, -0.2) is 4.98 Å². The predicted octanol–water partition coefficient (Wildman–Crippen LogP) is 5.10. The van der Waals surface area contributed by atoms with Gasteiger partial charge < -0.3 is 10.6 Å². The predicted molar refractivity (Wildman–Crippen MR) is 96.0 cm³/mol. The quantitative estimate of drug-likeness (QED) is 0.692. The molecule has 0 aliphatic carbocycles. The van der Waals surface area contributed by atoms with E-state index in [1.165, 1.54) is 11.3 Å². The Morgan fingerprint density at radius 1 is 1.13 bits per heavy atom. The van der Waals surface area contributed by atoms with Crippen LogP contribution in [-0.4, -0.2) is 10.9 Å². The highest BCUT2D eigenvalue weighted by molar-refractivity contribution is 7.14.